The molecule has 3 aromatic rings. The van der Waals surface area contributed by atoms with Crippen LogP contribution in [0.2, 0.25) is 5.15 Å². The number of carbonyl (C=O) groups is 2. The fourth-order valence-electron chi connectivity index (χ4n) is 2.58. The Hall–Kier alpha value is -2.45. The molecular formula is C17H18ClN5O2S. The average molecular weight is 392 g/mol. The number of halogens is 1. The SMILES string of the molecule is CC(C)CC(NC(=O)c1c(Cl)nc2ccccn12)C(=O)Nc1nccs1. The first kappa shape index (κ1) is 18.3. The van der Waals surface area contributed by atoms with Gasteiger partial charge in [-0.3, -0.25) is 14.0 Å². The molecule has 3 rings (SSSR count). The van der Waals surface area contributed by atoms with Crippen LogP contribution < -0.4 is 10.6 Å². The third-order valence-corrected chi connectivity index (χ3v) is 4.65. The van der Waals surface area contributed by atoms with Crippen molar-refractivity contribution in [3.05, 3.63) is 46.8 Å². The van der Waals surface area contributed by atoms with E-state index in [0.29, 0.717) is 17.2 Å². The molecule has 9 heteroatoms. The summed E-state index contributed by atoms with van der Waals surface area (Å²) in [5.41, 5.74) is 0.772. The summed E-state index contributed by atoms with van der Waals surface area (Å²) in [7, 11) is 0. The smallest absolute Gasteiger partial charge is 0.272 e. The van der Waals surface area contributed by atoms with Crippen LogP contribution in [0.3, 0.4) is 0 Å². The number of hydrogen-bond acceptors (Lipinski definition) is 5. The lowest BCUT2D eigenvalue weighted by atomic mass is 10.0. The fraction of sp³-hybridized carbons (Fsp3) is 0.294. The normalized spacial score (nSPS) is 12.3. The molecular weight excluding hydrogens is 374 g/mol. The zero-order valence-electron chi connectivity index (χ0n) is 14.3. The summed E-state index contributed by atoms with van der Waals surface area (Å²) >= 11 is 7.46. The van der Waals surface area contributed by atoms with Gasteiger partial charge in [0.05, 0.1) is 0 Å². The molecule has 0 spiro atoms. The Balaban J connectivity index is 1.82. The van der Waals surface area contributed by atoms with Crippen LogP contribution in [0, 0.1) is 5.92 Å². The van der Waals surface area contributed by atoms with Crippen molar-refractivity contribution in [2.45, 2.75) is 26.3 Å². The van der Waals surface area contributed by atoms with Gasteiger partial charge in [0.2, 0.25) is 5.91 Å². The molecule has 0 aromatic carbocycles. The van der Waals surface area contributed by atoms with Crippen molar-refractivity contribution in [2.75, 3.05) is 5.32 Å². The van der Waals surface area contributed by atoms with E-state index in [9.17, 15) is 9.59 Å². The average Bonchev–Trinajstić information content (AvgIpc) is 3.20. The number of nitrogens with one attached hydrogen (secondary N) is 2. The maximum atomic E-state index is 12.8. The molecule has 0 radical (unpaired) electrons. The van der Waals surface area contributed by atoms with Crippen LogP contribution in [-0.2, 0) is 4.79 Å². The minimum atomic E-state index is -0.711. The van der Waals surface area contributed by atoms with Crippen LogP contribution in [0.15, 0.2) is 36.0 Å². The molecule has 0 aliphatic carbocycles. The lowest BCUT2D eigenvalue weighted by Crippen LogP contribution is -2.45. The number of imidazole rings is 1. The summed E-state index contributed by atoms with van der Waals surface area (Å²) in [4.78, 5) is 33.6. The van der Waals surface area contributed by atoms with Crippen LogP contribution in [-0.4, -0.2) is 32.2 Å². The Morgan fingerprint density at radius 1 is 1.35 bits per heavy atom. The third-order valence-electron chi connectivity index (χ3n) is 3.69. The van der Waals surface area contributed by atoms with E-state index in [0.717, 1.165) is 0 Å². The van der Waals surface area contributed by atoms with Gasteiger partial charge in [0.15, 0.2) is 16.0 Å². The van der Waals surface area contributed by atoms with E-state index in [1.165, 1.54) is 11.3 Å². The van der Waals surface area contributed by atoms with Crippen LogP contribution in [0.1, 0.15) is 30.8 Å². The summed E-state index contributed by atoms with van der Waals surface area (Å²) in [6.45, 7) is 3.97. The number of thiazole rings is 1. The van der Waals surface area contributed by atoms with Gasteiger partial charge in [0.25, 0.3) is 5.91 Å². The highest BCUT2D eigenvalue weighted by Gasteiger charge is 2.26. The summed E-state index contributed by atoms with van der Waals surface area (Å²) < 4.78 is 1.60. The van der Waals surface area contributed by atoms with Crippen molar-refractivity contribution >= 4 is 45.5 Å². The molecule has 0 aliphatic heterocycles. The van der Waals surface area contributed by atoms with Gasteiger partial charge < -0.3 is 10.6 Å². The molecule has 2 N–H and O–H groups in total. The van der Waals surface area contributed by atoms with Crippen molar-refractivity contribution in [1.82, 2.24) is 19.7 Å². The first-order valence-corrected chi connectivity index (χ1v) is 9.35. The second-order valence-electron chi connectivity index (χ2n) is 6.16. The summed E-state index contributed by atoms with van der Waals surface area (Å²) in [6, 6.07) is 4.63. The number of fused-ring (bicyclic) bond motifs is 1. The maximum absolute atomic E-state index is 12.8. The molecule has 0 saturated heterocycles. The van der Waals surface area contributed by atoms with Gasteiger partial charge in [0, 0.05) is 17.8 Å². The number of amides is 2. The third kappa shape index (κ3) is 4.03. The molecule has 7 nitrogen and oxygen atoms in total. The summed E-state index contributed by atoms with van der Waals surface area (Å²) in [5.74, 6) is -0.555. The van der Waals surface area contributed by atoms with Crippen LogP contribution in [0.5, 0.6) is 0 Å². The minimum Gasteiger partial charge on any atom is -0.339 e. The second kappa shape index (κ2) is 7.84. The Morgan fingerprint density at radius 3 is 2.85 bits per heavy atom. The first-order valence-electron chi connectivity index (χ1n) is 8.09. The van der Waals surface area contributed by atoms with Crippen LogP contribution in [0.25, 0.3) is 5.65 Å². The van der Waals surface area contributed by atoms with E-state index >= 15 is 0 Å². The minimum absolute atomic E-state index is 0.0947. The number of pyridine rings is 1. The van der Waals surface area contributed by atoms with Crippen molar-refractivity contribution in [3.8, 4) is 0 Å². The number of rotatable bonds is 6. The molecule has 136 valence electrons. The molecule has 3 aromatic heterocycles. The number of nitrogens with zero attached hydrogens (tertiary/aromatic N) is 3. The largest absolute Gasteiger partial charge is 0.339 e. The lowest BCUT2D eigenvalue weighted by molar-refractivity contribution is -0.118. The van der Waals surface area contributed by atoms with E-state index in [1.54, 1.807) is 34.3 Å². The zero-order chi connectivity index (χ0) is 18.7. The molecule has 0 bridgehead atoms. The highest BCUT2D eigenvalue weighted by atomic mass is 35.5. The van der Waals surface area contributed by atoms with Crippen molar-refractivity contribution in [3.63, 3.8) is 0 Å². The Bertz CT molecular complexity index is 923. The van der Waals surface area contributed by atoms with Crippen molar-refractivity contribution < 1.29 is 9.59 Å². The van der Waals surface area contributed by atoms with E-state index in [2.05, 4.69) is 20.6 Å². The standard InChI is InChI=1S/C17H18ClN5O2S/c1-10(2)9-11(15(24)22-17-19-6-8-26-17)20-16(25)13-14(18)21-12-5-3-4-7-23(12)13/h3-8,10-11H,9H2,1-2H3,(H,20,25)(H,19,22,24). The highest BCUT2D eigenvalue weighted by Crippen LogP contribution is 2.19. The quantitative estimate of drug-likeness (QED) is 0.675. The van der Waals surface area contributed by atoms with Gasteiger partial charge in [-0.05, 0) is 24.5 Å². The number of anilines is 1. The maximum Gasteiger partial charge on any atom is 0.272 e. The van der Waals surface area contributed by atoms with Crippen molar-refractivity contribution in [2.24, 2.45) is 5.92 Å². The van der Waals surface area contributed by atoms with E-state index in [1.807, 2.05) is 19.9 Å². The number of carbonyl (C=O) groups excluding carboxylic acids is 2. The van der Waals surface area contributed by atoms with Crippen LogP contribution in [0.4, 0.5) is 5.13 Å². The Labute approximate surface area is 159 Å². The van der Waals surface area contributed by atoms with E-state index < -0.39 is 11.9 Å². The molecule has 0 aliphatic rings. The second-order valence-corrected chi connectivity index (χ2v) is 7.41. The molecule has 1 atom stereocenters. The first-order chi connectivity index (χ1) is 12.5. The predicted octanol–water partition coefficient (Wildman–Crippen LogP) is 3.23. The van der Waals surface area contributed by atoms with Gasteiger partial charge in [0.1, 0.15) is 11.7 Å². The molecule has 2 amide bonds. The Morgan fingerprint density at radius 2 is 2.15 bits per heavy atom. The molecule has 0 fully saturated rings. The van der Waals surface area contributed by atoms with Gasteiger partial charge in [-0.1, -0.05) is 31.5 Å². The van der Waals surface area contributed by atoms with E-state index in [-0.39, 0.29) is 22.7 Å². The molecule has 26 heavy (non-hydrogen) atoms. The zero-order valence-corrected chi connectivity index (χ0v) is 15.8. The van der Waals surface area contributed by atoms with Gasteiger partial charge in [-0.25, -0.2) is 9.97 Å². The molecule has 3 heterocycles. The van der Waals surface area contributed by atoms with Gasteiger partial charge in [-0.2, -0.15) is 0 Å². The number of hydrogen-bond donors (Lipinski definition) is 2. The van der Waals surface area contributed by atoms with Gasteiger partial charge in [-0.15, -0.1) is 11.3 Å². The Kier molecular flexibility index (Phi) is 5.53. The van der Waals surface area contributed by atoms with Gasteiger partial charge >= 0.3 is 0 Å². The van der Waals surface area contributed by atoms with Crippen LogP contribution >= 0.6 is 22.9 Å². The monoisotopic (exact) mass is 391 g/mol. The highest BCUT2D eigenvalue weighted by molar-refractivity contribution is 7.13. The van der Waals surface area contributed by atoms with Crippen molar-refractivity contribution in [1.29, 1.82) is 0 Å². The molecule has 0 saturated carbocycles. The fourth-order valence-corrected chi connectivity index (χ4v) is 3.37. The topological polar surface area (TPSA) is 88.4 Å². The molecule has 1 unspecified atom stereocenters. The predicted molar refractivity (Wildman–Crippen MR) is 102 cm³/mol. The summed E-state index contributed by atoms with van der Waals surface area (Å²) in [5, 5.41) is 7.86. The lowest BCUT2D eigenvalue weighted by Gasteiger charge is -2.19. The number of aromatic nitrogens is 3. The van der Waals surface area contributed by atoms with E-state index in [4.69, 9.17) is 11.6 Å². The summed E-state index contributed by atoms with van der Waals surface area (Å²) in [6.07, 6.45) is 3.79.